The summed E-state index contributed by atoms with van der Waals surface area (Å²) in [6, 6.07) is 9.16. The van der Waals surface area contributed by atoms with Crippen LogP contribution in [0.2, 0.25) is 0 Å². The van der Waals surface area contributed by atoms with Crippen molar-refractivity contribution in [2.45, 2.75) is 20.0 Å². The average Bonchev–Trinajstić information content (AvgIpc) is 3.12. The number of anilines is 2. The van der Waals surface area contributed by atoms with E-state index in [1.54, 1.807) is 18.2 Å². The molecule has 0 atom stereocenters. The lowest BCUT2D eigenvalue weighted by Crippen LogP contribution is -2.47. The number of hydrogen-bond acceptors (Lipinski definition) is 6. The van der Waals surface area contributed by atoms with Crippen LogP contribution in [0.15, 0.2) is 42.7 Å². The molecule has 0 radical (unpaired) electrons. The molecule has 9 heteroatoms. The van der Waals surface area contributed by atoms with Crippen LogP contribution < -0.4 is 15.5 Å². The van der Waals surface area contributed by atoms with Gasteiger partial charge in [0.15, 0.2) is 5.82 Å². The van der Waals surface area contributed by atoms with Gasteiger partial charge < -0.3 is 24.7 Å². The fourth-order valence-electron chi connectivity index (χ4n) is 3.79. The predicted octanol–water partition coefficient (Wildman–Crippen LogP) is 2.48. The normalized spacial score (nSPS) is 14.1. The van der Waals surface area contributed by atoms with Gasteiger partial charge in [0.05, 0.1) is 17.1 Å². The van der Waals surface area contributed by atoms with E-state index in [1.807, 2.05) is 28.5 Å². The fraction of sp³-hybridized carbons (Fsp3) is 0.318. The first-order valence-corrected chi connectivity index (χ1v) is 10.1. The Morgan fingerprint density at radius 2 is 1.90 bits per heavy atom. The minimum atomic E-state index is -0.643. The van der Waals surface area contributed by atoms with Crippen molar-refractivity contribution in [1.82, 2.24) is 9.38 Å². The molecule has 1 aromatic carbocycles. The van der Waals surface area contributed by atoms with Crippen molar-refractivity contribution in [2.24, 2.45) is 5.73 Å². The number of halogens is 1. The smallest absolute Gasteiger partial charge is 0.313 e. The van der Waals surface area contributed by atoms with E-state index < -0.39 is 5.97 Å². The van der Waals surface area contributed by atoms with Crippen molar-refractivity contribution in [3.8, 4) is 0 Å². The Balaban J connectivity index is 1.41. The molecule has 3 N–H and O–H groups in total. The Morgan fingerprint density at radius 3 is 2.65 bits per heavy atom. The Hall–Kier alpha value is -3.62. The third-order valence-corrected chi connectivity index (χ3v) is 5.32. The minimum Gasteiger partial charge on any atom is -0.460 e. The molecule has 0 unspecified atom stereocenters. The molecule has 0 amide bonds. The summed E-state index contributed by atoms with van der Waals surface area (Å²) in [5.74, 6) is -1.31. The lowest BCUT2D eigenvalue weighted by atomic mass is 10.1. The number of amidine groups is 1. The first-order valence-electron chi connectivity index (χ1n) is 10.1. The van der Waals surface area contributed by atoms with Gasteiger partial charge in [-0.05, 0) is 25.1 Å². The van der Waals surface area contributed by atoms with Crippen molar-refractivity contribution in [3.05, 3.63) is 59.8 Å². The molecule has 1 fully saturated rings. The van der Waals surface area contributed by atoms with Crippen molar-refractivity contribution in [3.63, 3.8) is 0 Å². The van der Waals surface area contributed by atoms with Gasteiger partial charge in [-0.25, -0.2) is 9.37 Å². The molecule has 0 aliphatic carbocycles. The molecule has 2 aromatic heterocycles. The predicted molar refractivity (Wildman–Crippen MR) is 117 cm³/mol. The van der Waals surface area contributed by atoms with E-state index in [-0.39, 0.29) is 24.7 Å². The second kappa shape index (κ2) is 8.63. The number of benzene rings is 1. The van der Waals surface area contributed by atoms with Crippen LogP contribution in [0.1, 0.15) is 17.7 Å². The Bertz CT molecular complexity index is 1120. The van der Waals surface area contributed by atoms with E-state index in [0.29, 0.717) is 24.3 Å². The summed E-state index contributed by atoms with van der Waals surface area (Å²) in [7, 11) is 0. The summed E-state index contributed by atoms with van der Waals surface area (Å²) < 4.78 is 22.1. The highest BCUT2D eigenvalue weighted by atomic mass is 19.1. The third-order valence-electron chi connectivity index (χ3n) is 5.32. The lowest BCUT2D eigenvalue weighted by molar-refractivity contribution is -0.143. The van der Waals surface area contributed by atoms with Crippen molar-refractivity contribution >= 4 is 28.8 Å². The van der Waals surface area contributed by atoms with Crippen LogP contribution in [0.5, 0.6) is 0 Å². The van der Waals surface area contributed by atoms with E-state index in [9.17, 15) is 4.79 Å². The van der Waals surface area contributed by atoms with Gasteiger partial charge in [-0.1, -0.05) is 12.1 Å². The Kier molecular flexibility index (Phi) is 5.75. The maximum absolute atomic E-state index is 15.0. The minimum absolute atomic E-state index is 0.184. The maximum Gasteiger partial charge on any atom is 0.313 e. The van der Waals surface area contributed by atoms with Crippen molar-refractivity contribution < 1.29 is 13.9 Å². The zero-order chi connectivity index (χ0) is 22.0. The molecule has 1 aliphatic heterocycles. The van der Waals surface area contributed by atoms with Gasteiger partial charge in [-0.15, -0.1) is 0 Å². The number of rotatable bonds is 6. The number of carbonyl (C=O) groups excluding carboxylic acids is 1. The molecule has 8 nitrogen and oxygen atoms in total. The maximum atomic E-state index is 15.0. The number of aryl methyl sites for hydroxylation is 1. The van der Waals surface area contributed by atoms with Gasteiger partial charge >= 0.3 is 5.97 Å². The summed E-state index contributed by atoms with van der Waals surface area (Å²) in [5, 5.41) is 7.13. The van der Waals surface area contributed by atoms with Crippen LogP contribution in [0, 0.1) is 18.2 Å². The van der Waals surface area contributed by atoms with Crippen LogP contribution in [0.4, 0.5) is 15.8 Å². The second-order valence-electron chi connectivity index (χ2n) is 7.62. The molecule has 1 saturated heterocycles. The average molecular weight is 424 g/mol. The number of pyridine rings is 1. The SMILES string of the molecule is Cc1cn2cc(N3CCN(c4cccc(COC(=O)CC(=N)N)c4F)CC3)ccc2n1. The molecule has 0 bridgehead atoms. The number of nitrogens with zero attached hydrogens (tertiary/aromatic N) is 4. The number of carbonyl (C=O) groups is 1. The monoisotopic (exact) mass is 424 g/mol. The number of esters is 1. The molecule has 31 heavy (non-hydrogen) atoms. The molecule has 162 valence electrons. The first kappa shape index (κ1) is 20.6. The molecule has 1 aliphatic rings. The molecule has 0 saturated carbocycles. The Labute approximate surface area is 179 Å². The number of hydrogen-bond donors (Lipinski definition) is 2. The van der Waals surface area contributed by atoms with Gasteiger partial charge in [-0.2, -0.15) is 0 Å². The standard InChI is InChI=1S/C22H25FN6O2/c1-15-12-29-13-17(5-6-20(29)26-15)27-7-9-28(10-8-27)18-4-2-3-16(22(18)23)14-31-21(30)11-19(24)25/h2-6,12-13H,7-11,14H2,1H3,(H3,24,25). The molecule has 4 rings (SSSR count). The summed E-state index contributed by atoms with van der Waals surface area (Å²) in [5.41, 5.74) is 9.00. The van der Waals surface area contributed by atoms with Crippen molar-refractivity contribution in [2.75, 3.05) is 36.0 Å². The van der Waals surface area contributed by atoms with Crippen molar-refractivity contribution in [1.29, 1.82) is 5.41 Å². The van der Waals surface area contributed by atoms with Crippen LogP contribution in [0.3, 0.4) is 0 Å². The lowest BCUT2D eigenvalue weighted by Gasteiger charge is -2.37. The highest BCUT2D eigenvalue weighted by Crippen LogP contribution is 2.26. The van der Waals surface area contributed by atoms with Gasteiger partial charge in [-0.3, -0.25) is 10.2 Å². The summed E-state index contributed by atoms with van der Waals surface area (Å²) in [6.45, 7) is 4.65. The van der Waals surface area contributed by atoms with Gasteiger partial charge in [0, 0.05) is 44.1 Å². The van der Waals surface area contributed by atoms with Gasteiger partial charge in [0.25, 0.3) is 0 Å². The first-order chi connectivity index (χ1) is 14.9. The molecule has 3 heterocycles. The molecule has 0 spiro atoms. The highest BCUT2D eigenvalue weighted by Gasteiger charge is 2.22. The van der Waals surface area contributed by atoms with Crippen LogP contribution in [-0.2, 0) is 16.1 Å². The summed E-state index contributed by atoms with van der Waals surface area (Å²) in [4.78, 5) is 20.3. The third kappa shape index (κ3) is 4.60. The number of ether oxygens (including phenoxy) is 1. The number of nitrogens with one attached hydrogen (secondary N) is 1. The highest BCUT2D eigenvalue weighted by molar-refractivity contribution is 5.94. The second-order valence-corrected chi connectivity index (χ2v) is 7.62. The van der Waals surface area contributed by atoms with Gasteiger partial charge in [0.2, 0.25) is 0 Å². The van der Waals surface area contributed by atoms with Gasteiger partial charge in [0.1, 0.15) is 24.5 Å². The number of piperazine rings is 1. The fourth-order valence-corrected chi connectivity index (χ4v) is 3.79. The number of imidazole rings is 1. The summed E-state index contributed by atoms with van der Waals surface area (Å²) >= 11 is 0. The van der Waals surface area contributed by atoms with E-state index >= 15 is 4.39 Å². The van der Waals surface area contributed by atoms with E-state index in [1.165, 1.54) is 0 Å². The van der Waals surface area contributed by atoms with Crippen LogP contribution >= 0.6 is 0 Å². The topological polar surface area (TPSA) is 100.0 Å². The summed E-state index contributed by atoms with van der Waals surface area (Å²) in [6.07, 6.45) is 3.77. The number of aromatic nitrogens is 2. The zero-order valence-electron chi connectivity index (χ0n) is 17.3. The zero-order valence-corrected chi connectivity index (χ0v) is 17.3. The quantitative estimate of drug-likeness (QED) is 0.358. The van der Waals surface area contributed by atoms with E-state index in [4.69, 9.17) is 15.9 Å². The van der Waals surface area contributed by atoms with Crippen LogP contribution in [-0.4, -0.2) is 47.4 Å². The van der Waals surface area contributed by atoms with E-state index in [0.717, 1.165) is 30.1 Å². The Morgan fingerprint density at radius 1 is 1.16 bits per heavy atom. The number of nitrogens with two attached hydrogens (primary N) is 1. The molecule has 3 aromatic rings. The molecular formula is C22H25FN6O2. The van der Waals surface area contributed by atoms with Crippen LogP contribution in [0.25, 0.3) is 5.65 Å². The largest absolute Gasteiger partial charge is 0.460 e. The number of fused-ring (bicyclic) bond motifs is 1. The van der Waals surface area contributed by atoms with E-state index in [2.05, 4.69) is 22.1 Å². The molecular weight excluding hydrogens is 399 g/mol.